The number of halogens is 2. The fourth-order valence-electron chi connectivity index (χ4n) is 2.20. The fourth-order valence-corrected chi connectivity index (χ4v) is 2.89. The number of rotatable bonds is 5. The van der Waals surface area contributed by atoms with E-state index in [9.17, 15) is 14.9 Å². The van der Waals surface area contributed by atoms with Crippen LogP contribution in [0, 0.1) is 15.5 Å². The number of aromatic nitrogens is 2. The van der Waals surface area contributed by atoms with Crippen molar-refractivity contribution >= 4 is 34.9 Å². The molecule has 0 saturated heterocycles. The van der Waals surface area contributed by atoms with E-state index in [1.807, 2.05) is 0 Å². The predicted octanol–water partition coefficient (Wildman–Crippen LogP) is 3.83. The molecule has 0 N–H and O–H groups in total. The summed E-state index contributed by atoms with van der Waals surface area (Å²) in [5.74, 6) is -0.282. The minimum Gasteiger partial charge on any atom is -0.452 e. The van der Waals surface area contributed by atoms with Crippen molar-refractivity contribution in [1.29, 1.82) is 0 Å². The third-order valence-electron chi connectivity index (χ3n) is 4.11. The van der Waals surface area contributed by atoms with Crippen molar-refractivity contribution in [3.8, 4) is 11.5 Å². The summed E-state index contributed by atoms with van der Waals surface area (Å²) in [5, 5.41) is 18.4. The van der Waals surface area contributed by atoms with E-state index < -0.39 is 26.7 Å². The quantitative estimate of drug-likeness (QED) is 0.332. The maximum absolute atomic E-state index is 12.2. The zero-order chi connectivity index (χ0) is 18.4. The van der Waals surface area contributed by atoms with Gasteiger partial charge in [-0.3, -0.25) is 14.9 Å². The van der Waals surface area contributed by atoms with Gasteiger partial charge in [0.1, 0.15) is 9.75 Å². The van der Waals surface area contributed by atoms with Crippen LogP contribution in [0.3, 0.4) is 0 Å². The molecule has 0 bridgehead atoms. The van der Waals surface area contributed by atoms with E-state index in [2.05, 4.69) is 10.2 Å². The molecule has 2 atom stereocenters. The Kier molecular flexibility index (Phi) is 4.20. The van der Waals surface area contributed by atoms with Gasteiger partial charge in [0.15, 0.2) is 6.10 Å². The molecular formula is C15H13Cl2N3O5. The first kappa shape index (κ1) is 17.6. The molecule has 132 valence electrons. The number of alkyl halides is 2. The average Bonchev–Trinajstić information content (AvgIpc) is 2.92. The number of nitro benzene ring substituents is 1. The summed E-state index contributed by atoms with van der Waals surface area (Å²) in [6.45, 7) is 3.21. The molecule has 1 fully saturated rings. The Hall–Kier alpha value is -2.19. The van der Waals surface area contributed by atoms with E-state index in [1.54, 1.807) is 13.8 Å². The SMILES string of the molecule is CC(OC(=O)C1(C)CC1(Cl)Cl)c1nnc(-c2ccc([N+](=O)[O-])cc2)o1. The van der Waals surface area contributed by atoms with Crippen molar-refractivity contribution in [3.05, 3.63) is 40.3 Å². The number of carbonyl (C=O) groups is 1. The number of hydrogen-bond donors (Lipinski definition) is 0. The van der Waals surface area contributed by atoms with Crippen LogP contribution in [0.25, 0.3) is 11.5 Å². The third kappa shape index (κ3) is 3.19. The Morgan fingerprint density at radius 2 is 1.96 bits per heavy atom. The largest absolute Gasteiger partial charge is 0.452 e. The Balaban J connectivity index is 1.70. The Bertz CT molecular complexity index is 836. The van der Waals surface area contributed by atoms with Crippen LogP contribution in [-0.4, -0.2) is 25.4 Å². The topological polar surface area (TPSA) is 108 Å². The zero-order valence-electron chi connectivity index (χ0n) is 13.2. The van der Waals surface area contributed by atoms with Crippen LogP contribution in [-0.2, 0) is 9.53 Å². The van der Waals surface area contributed by atoms with Crippen molar-refractivity contribution in [2.75, 3.05) is 0 Å². The molecule has 3 rings (SSSR count). The Labute approximate surface area is 152 Å². The molecule has 1 aliphatic carbocycles. The minimum atomic E-state index is -1.12. The smallest absolute Gasteiger partial charge is 0.315 e. The summed E-state index contributed by atoms with van der Waals surface area (Å²) >= 11 is 11.9. The van der Waals surface area contributed by atoms with Crippen LogP contribution >= 0.6 is 23.2 Å². The molecule has 25 heavy (non-hydrogen) atoms. The van der Waals surface area contributed by atoms with Gasteiger partial charge in [0, 0.05) is 24.1 Å². The van der Waals surface area contributed by atoms with Gasteiger partial charge in [-0.05, 0) is 26.0 Å². The molecule has 10 heteroatoms. The van der Waals surface area contributed by atoms with Gasteiger partial charge >= 0.3 is 5.97 Å². The molecule has 8 nitrogen and oxygen atoms in total. The molecule has 0 radical (unpaired) electrons. The zero-order valence-corrected chi connectivity index (χ0v) is 14.7. The lowest BCUT2D eigenvalue weighted by molar-refractivity contribution is -0.384. The second kappa shape index (κ2) is 5.96. The first-order chi connectivity index (χ1) is 11.6. The van der Waals surface area contributed by atoms with Crippen molar-refractivity contribution < 1.29 is 18.9 Å². The van der Waals surface area contributed by atoms with Crippen molar-refractivity contribution in [3.63, 3.8) is 0 Å². The summed E-state index contributed by atoms with van der Waals surface area (Å²) in [5.41, 5.74) is -0.488. The summed E-state index contributed by atoms with van der Waals surface area (Å²) < 4.78 is 9.67. The van der Waals surface area contributed by atoms with E-state index in [4.69, 9.17) is 32.4 Å². The fraction of sp³-hybridized carbons (Fsp3) is 0.400. The van der Waals surface area contributed by atoms with E-state index in [0.29, 0.717) is 12.0 Å². The molecule has 1 saturated carbocycles. The van der Waals surface area contributed by atoms with Crippen LogP contribution in [0.4, 0.5) is 5.69 Å². The van der Waals surface area contributed by atoms with Gasteiger partial charge in [-0.2, -0.15) is 0 Å². The van der Waals surface area contributed by atoms with E-state index in [0.717, 1.165) is 0 Å². The number of non-ortho nitro benzene ring substituents is 1. The first-order valence-electron chi connectivity index (χ1n) is 7.31. The minimum absolute atomic E-state index is 0.0471. The monoisotopic (exact) mass is 385 g/mol. The third-order valence-corrected chi connectivity index (χ3v) is 5.21. The second-order valence-electron chi connectivity index (χ2n) is 6.01. The van der Waals surface area contributed by atoms with Crippen molar-refractivity contribution in [2.24, 2.45) is 5.41 Å². The lowest BCUT2D eigenvalue weighted by Crippen LogP contribution is -2.22. The van der Waals surface area contributed by atoms with Gasteiger partial charge in [-0.15, -0.1) is 33.4 Å². The highest BCUT2D eigenvalue weighted by atomic mass is 35.5. The highest BCUT2D eigenvalue weighted by Gasteiger charge is 2.69. The molecule has 1 aromatic carbocycles. The van der Waals surface area contributed by atoms with Gasteiger partial charge < -0.3 is 9.15 Å². The van der Waals surface area contributed by atoms with E-state index >= 15 is 0 Å². The highest BCUT2D eigenvalue weighted by Crippen LogP contribution is 2.64. The molecule has 0 aliphatic heterocycles. The maximum Gasteiger partial charge on any atom is 0.315 e. The lowest BCUT2D eigenvalue weighted by Gasteiger charge is -2.14. The predicted molar refractivity (Wildman–Crippen MR) is 88.1 cm³/mol. The second-order valence-corrected chi connectivity index (χ2v) is 7.49. The molecule has 2 unspecified atom stereocenters. The lowest BCUT2D eigenvalue weighted by atomic mass is 10.1. The number of carbonyl (C=O) groups excluding carboxylic acids is 1. The van der Waals surface area contributed by atoms with E-state index in [-0.39, 0.29) is 17.5 Å². The number of nitro groups is 1. The molecule has 1 aliphatic rings. The molecular weight excluding hydrogens is 373 g/mol. The maximum atomic E-state index is 12.2. The van der Waals surface area contributed by atoms with Gasteiger partial charge in [-0.25, -0.2) is 0 Å². The summed E-state index contributed by atoms with van der Waals surface area (Å²) in [6, 6.07) is 5.65. The van der Waals surface area contributed by atoms with E-state index in [1.165, 1.54) is 24.3 Å². The standard InChI is InChI=1S/C15H13Cl2N3O5/c1-8(24-13(21)14(2)7-15(14,16)17)11-18-19-12(25-11)9-3-5-10(6-4-9)20(22)23/h3-6,8H,7H2,1-2H3. The molecule has 1 aromatic heterocycles. The number of benzene rings is 1. The van der Waals surface area contributed by atoms with Crippen molar-refractivity contribution in [1.82, 2.24) is 10.2 Å². The Morgan fingerprint density at radius 1 is 1.36 bits per heavy atom. The normalized spacial score (nSPS) is 22.2. The van der Waals surface area contributed by atoms with Crippen LogP contribution in [0.2, 0.25) is 0 Å². The van der Waals surface area contributed by atoms with Crippen LogP contribution in [0.15, 0.2) is 28.7 Å². The summed E-state index contributed by atoms with van der Waals surface area (Å²) in [6.07, 6.45) is -0.472. The van der Waals surface area contributed by atoms with Gasteiger partial charge in [0.2, 0.25) is 5.89 Å². The summed E-state index contributed by atoms with van der Waals surface area (Å²) in [7, 11) is 0. The molecule has 0 amide bonds. The molecule has 2 aromatic rings. The molecule has 1 heterocycles. The molecule has 0 spiro atoms. The highest BCUT2D eigenvalue weighted by molar-refractivity contribution is 6.53. The first-order valence-corrected chi connectivity index (χ1v) is 8.07. The van der Waals surface area contributed by atoms with Gasteiger partial charge in [0.25, 0.3) is 11.6 Å². The Morgan fingerprint density at radius 3 is 2.48 bits per heavy atom. The average molecular weight is 386 g/mol. The number of esters is 1. The van der Waals surface area contributed by atoms with Gasteiger partial charge in [0.05, 0.1) is 4.92 Å². The number of nitrogens with zero attached hydrogens (tertiary/aromatic N) is 3. The number of ether oxygens (including phenoxy) is 1. The van der Waals surface area contributed by atoms with Crippen LogP contribution in [0.5, 0.6) is 0 Å². The van der Waals surface area contributed by atoms with Crippen molar-refractivity contribution in [2.45, 2.75) is 30.7 Å². The van der Waals surface area contributed by atoms with Crippen LogP contribution < -0.4 is 0 Å². The van der Waals surface area contributed by atoms with Crippen LogP contribution in [0.1, 0.15) is 32.3 Å². The summed E-state index contributed by atoms with van der Waals surface area (Å²) in [4.78, 5) is 22.3. The van der Waals surface area contributed by atoms with Gasteiger partial charge in [-0.1, -0.05) is 0 Å². The number of hydrogen-bond acceptors (Lipinski definition) is 7.